The summed E-state index contributed by atoms with van der Waals surface area (Å²) < 4.78 is 2.43. The van der Waals surface area contributed by atoms with Crippen LogP contribution in [0.25, 0.3) is 17.0 Å². The zero-order valence-electron chi connectivity index (χ0n) is 13.3. The second kappa shape index (κ2) is 5.28. The summed E-state index contributed by atoms with van der Waals surface area (Å²) in [5.74, 6) is 1.66. The van der Waals surface area contributed by atoms with Crippen molar-refractivity contribution < 1.29 is 0 Å². The minimum Gasteiger partial charge on any atom is -0.323 e. The maximum atomic E-state index is 4.77. The van der Waals surface area contributed by atoms with Crippen LogP contribution in [0.3, 0.4) is 0 Å². The molecule has 4 rings (SSSR count). The normalized spacial score (nSPS) is 17.1. The van der Waals surface area contributed by atoms with Gasteiger partial charge in [-0.1, -0.05) is 43.4 Å². The number of hydrogen-bond acceptors (Lipinski definition) is 1. The smallest absolute Gasteiger partial charge is 0.141 e. The summed E-state index contributed by atoms with van der Waals surface area (Å²) >= 11 is 0. The van der Waals surface area contributed by atoms with Crippen molar-refractivity contribution in [1.29, 1.82) is 0 Å². The lowest BCUT2D eigenvalue weighted by Gasteiger charge is -2.28. The van der Waals surface area contributed by atoms with Crippen LogP contribution in [0.2, 0.25) is 0 Å². The van der Waals surface area contributed by atoms with Gasteiger partial charge < -0.3 is 4.57 Å². The third-order valence-corrected chi connectivity index (χ3v) is 4.96. The van der Waals surface area contributed by atoms with Gasteiger partial charge in [0, 0.05) is 29.9 Å². The lowest BCUT2D eigenvalue weighted by molar-refractivity contribution is 0.670. The molecular formula is C20H22N2. The molecule has 0 saturated heterocycles. The van der Waals surface area contributed by atoms with Crippen molar-refractivity contribution in [3.8, 4) is 11.4 Å². The van der Waals surface area contributed by atoms with Gasteiger partial charge in [0.1, 0.15) is 5.82 Å². The van der Waals surface area contributed by atoms with E-state index in [1.54, 1.807) is 0 Å². The van der Waals surface area contributed by atoms with Crippen molar-refractivity contribution in [3.63, 3.8) is 0 Å². The number of nitrogens with zero attached hydrogens (tertiary/aromatic N) is 2. The van der Waals surface area contributed by atoms with E-state index >= 15 is 0 Å². The van der Waals surface area contributed by atoms with Crippen molar-refractivity contribution >= 4 is 5.57 Å². The lowest BCUT2D eigenvalue weighted by Crippen LogP contribution is -2.17. The van der Waals surface area contributed by atoms with Gasteiger partial charge in [0.05, 0.1) is 0 Å². The highest BCUT2D eigenvalue weighted by Crippen LogP contribution is 2.41. The zero-order valence-corrected chi connectivity index (χ0v) is 13.3. The van der Waals surface area contributed by atoms with Crippen molar-refractivity contribution in [2.45, 2.75) is 45.6 Å². The van der Waals surface area contributed by atoms with Crippen LogP contribution in [-0.4, -0.2) is 9.55 Å². The Kier molecular flexibility index (Phi) is 3.25. The van der Waals surface area contributed by atoms with E-state index in [9.17, 15) is 0 Å². The number of hydrogen-bond donors (Lipinski definition) is 0. The molecule has 0 amide bonds. The molecule has 1 atom stereocenters. The minimum absolute atomic E-state index is 0.506. The van der Waals surface area contributed by atoms with Gasteiger partial charge in [0.15, 0.2) is 0 Å². The van der Waals surface area contributed by atoms with Crippen LogP contribution in [0.15, 0.2) is 42.6 Å². The zero-order chi connectivity index (χ0) is 15.1. The molecule has 1 aromatic carbocycles. The topological polar surface area (TPSA) is 17.8 Å². The van der Waals surface area contributed by atoms with Crippen molar-refractivity contribution in [2.24, 2.45) is 0 Å². The summed E-state index contributed by atoms with van der Waals surface area (Å²) in [6, 6.07) is 6.70. The molecule has 1 unspecified atom stereocenters. The molecule has 0 N–H and O–H groups in total. The standard InChI is InChI=1S/C20H22N2/c1-3-4-7-14(2)18-12-21-20-17-11-6-9-15-8-5-10-16(19(15)17)13-22(18)20/h3-4,6,9-12,14H,5,7-8,13H2,1-2H3. The summed E-state index contributed by atoms with van der Waals surface area (Å²) in [5.41, 5.74) is 7.11. The maximum absolute atomic E-state index is 4.77. The first-order valence-electron chi connectivity index (χ1n) is 8.28. The molecule has 0 fully saturated rings. The molecule has 2 aliphatic rings. The first-order valence-corrected chi connectivity index (χ1v) is 8.28. The molecule has 2 heterocycles. The SMILES string of the molecule is CC=CCC(C)c1cnc2n1CC1=CCCc3cccc-2c31. The van der Waals surface area contributed by atoms with Crippen LogP contribution < -0.4 is 0 Å². The Hall–Kier alpha value is -2.09. The van der Waals surface area contributed by atoms with E-state index in [2.05, 4.69) is 61.0 Å². The minimum atomic E-state index is 0.506. The fraction of sp³-hybridized carbons (Fsp3) is 0.350. The molecule has 2 nitrogen and oxygen atoms in total. The van der Waals surface area contributed by atoms with Gasteiger partial charge in [-0.25, -0.2) is 4.98 Å². The summed E-state index contributed by atoms with van der Waals surface area (Å²) in [6.45, 7) is 5.36. The Bertz CT molecular complexity index is 777. The Morgan fingerprint density at radius 1 is 1.36 bits per heavy atom. The van der Waals surface area contributed by atoms with Crippen LogP contribution >= 0.6 is 0 Å². The second-order valence-electron chi connectivity index (χ2n) is 6.41. The number of rotatable bonds is 3. The quantitative estimate of drug-likeness (QED) is 0.730. The van der Waals surface area contributed by atoms with Crippen LogP contribution in [0.1, 0.15) is 49.4 Å². The van der Waals surface area contributed by atoms with Gasteiger partial charge in [-0.3, -0.25) is 0 Å². The van der Waals surface area contributed by atoms with Gasteiger partial charge in [0.25, 0.3) is 0 Å². The van der Waals surface area contributed by atoms with Crippen LogP contribution in [0, 0.1) is 0 Å². The summed E-state index contributed by atoms with van der Waals surface area (Å²) in [6.07, 6.45) is 12.3. The molecule has 112 valence electrons. The average Bonchev–Trinajstić information content (AvgIpc) is 2.97. The van der Waals surface area contributed by atoms with E-state index in [-0.39, 0.29) is 0 Å². The first-order chi connectivity index (χ1) is 10.8. The molecule has 0 spiro atoms. The van der Waals surface area contributed by atoms with Gasteiger partial charge in [-0.2, -0.15) is 0 Å². The highest BCUT2D eigenvalue weighted by atomic mass is 15.1. The number of fused-ring (bicyclic) bond motifs is 2. The van der Waals surface area contributed by atoms with E-state index < -0.39 is 0 Å². The molecular weight excluding hydrogens is 268 g/mol. The van der Waals surface area contributed by atoms with Crippen LogP contribution in [0.4, 0.5) is 0 Å². The third-order valence-electron chi connectivity index (χ3n) is 4.96. The van der Waals surface area contributed by atoms with E-state index in [1.807, 2.05) is 0 Å². The molecule has 2 aromatic rings. The van der Waals surface area contributed by atoms with Gasteiger partial charge in [-0.05, 0) is 42.9 Å². The maximum Gasteiger partial charge on any atom is 0.141 e. The summed E-state index contributed by atoms with van der Waals surface area (Å²) in [7, 11) is 0. The van der Waals surface area contributed by atoms with Crippen molar-refractivity contribution in [3.05, 3.63) is 59.4 Å². The predicted molar refractivity (Wildman–Crippen MR) is 91.8 cm³/mol. The monoisotopic (exact) mass is 290 g/mol. The average molecular weight is 290 g/mol. The largest absolute Gasteiger partial charge is 0.323 e. The van der Waals surface area contributed by atoms with Gasteiger partial charge in [-0.15, -0.1) is 0 Å². The summed E-state index contributed by atoms with van der Waals surface area (Å²) in [4.78, 5) is 4.77. The molecule has 1 aromatic heterocycles. The molecule has 0 radical (unpaired) electrons. The molecule has 0 bridgehead atoms. The second-order valence-corrected chi connectivity index (χ2v) is 6.41. The molecule has 1 aliphatic carbocycles. The number of imidazole rings is 1. The highest BCUT2D eigenvalue weighted by molar-refractivity contribution is 5.85. The van der Waals surface area contributed by atoms with Gasteiger partial charge in [0.2, 0.25) is 0 Å². The molecule has 1 aliphatic heterocycles. The lowest BCUT2D eigenvalue weighted by atomic mass is 9.85. The predicted octanol–water partition coefficient (Wildman–Crippen LogP) is 4.96. The Balaban J connectivity index is 1.84. The fourth-order valence-electron chi connectivity index (χ4n) is 3.82. The van der Waals surface area contributed by atoms with E-state index in [4.69, 9.17) is 4.98 Å². The van der Waals surface area contributed by atoms with Crippen molar-refractivity contribution in [1.82, 2.24) is 9.55 Å². The number of aryl methyl sites for hydroxylation is 1. The summed E-state index contributed by atoms with van der Waals surface area (Å²) in [5, 5.41) is 0. The Labute approximate surface area is 132 Å². The first kappa shape index (κ1) is 13.6. The van der Waals surface area contributed by atoms with Gasteiger partial charge >= 0.3 is 0 Å². The number of allylic oxidation sites excluding steroid dienone is 4. The van der Waals surface area contributed by atoms with E-state index in [0.29, 0.717) is 5.92 Å². The Morgan fingerprint density at radius 2 is 2.27 bits per heavy atom. The van der Waals surface area contributed by atoms with Crippen LogP contribution in [0.5, 0.6) is 0 Å². The van der Waals surface area contributed by atoms with Crippen LogP contribution in [-0.2, 0) is 13.0 Å². The third kappa shape index (κ3) is 1.98. The number of benzene rings is 1. The Morgan fingerprint density at radius 3 is 3.14 bits per heavy atom. The fourth-order valence-corrected chi connectivity index (χ4v) is 3.82. The van der Waals surface area contributed by atoms with Crippen molar-refractivity contribution in [2.75, 3.05) is 0 Å². The molecule has 0 saturated carbocycles. The molecule has 22 heavy (non-hydrogen) atoms. The van der Waals surface area contributed by atoms with E-state index in [1.165, 1.54) is 34.4 Å². The van der Waals surface area contributed by atoms with E-state index in [0.717, 1.165) is 25.2 Å². The number of aromatic nitrogens is 2. The molecule has 2 heteroatoms. The highest BCUT2D eigenvalue weighted by Gasteiger charge is 2.27.